The predicted octanol–water partition coefficient (Wildman–Crippen LogP) is 3.53. The van der Waals surface area contributed by atoms with Crippen molar-refractivity contribution in [2.24, 2.45) is 0 Å². The highest BCUT2D eigenvalue weighted by Gasteiger charge is 2.02. The fourth-order valence-electron chi connectivity index (χ4n) is 1.56. The van der Waals surface area contributed by atoms with Gasteiger partial charge < -0.3 is 5.32 Å². The molecule has 90 valence electrons. The summed E-state index contributed by atoms with van der Waals surface area (Å²) in [5.41, 5.74) is 3.38. The second kappa shape index (κ2) is 5.52. The number of pyridine rings is 1. The largest absolute Gasteiger partial charge is 0.380 e. The topological polar surface area (TPSA) is 48.7 Å². The van der Waals surface area contributed by atoms with E-state index in [1.165, 1.54) is 0 Å². The van der Waals surface area contributed by atoms with Gasteiger partial charge in [-0.15, -0.1) is 0 Å². The molecule has 0 aliphatic rings. The monoisotopic (exact) mass is 257 g/mol. The van der Waals surface area contributed by atoms with Crippen LogP contribution < -0.4 is 5.32 Å². The standard InChI is InChI=1S/C14H12ClN3/c1-10-2-3-11(8-17-10)9-18-14-5-4-13(15)6-12(14)7-16/h2-6,8,18H,9H2,1H3. The van der Waals surface area contributed by atoms with Gasteiger partial charge in [-0.3, -0.25) is 4.98 Å². The summed E-state index contributed by atoms with van der Waals surface area (Å²) in [5.74, 6) is 0. The molecule has 1 N–H and O–H groups in total. The van der Waals surface area contributed by atoms with Gasteiger partial charge in [0.05, 0.1) is 11.3 Å². The highest BCUT2D eigenvalue weighted by atomic mass is 35.5. The Labute approximate surface area is 111 Å². The van der Waals surface area contributed by atoms with E-state index in [1.807, 2.05) is 31.3 Å². The van der Waals surface area contributed by atoms with Gasteiger partial charge in [0.1, 0.15) is 6.07 Å². The first-order valence-corrected chi connectivity index (χ1v) is 5.92. The van der Waals surface area contributed by atoms with Gasteiger partial charge in [0.2, 0.25) is 0 Å². The van der Waals surface area contributed by atoms with Crippen LogP contribution in [0.1, 0.15) is 16.8 Å². The normalized spacial score (nSPS) is 9.83. The number of halogens is 1. The number of nitriles is 1. The Hall–Kier alpha value is -2.05. The molecule has 18 heavy (non-hydrogen) atoms. The average Bonchev–Trinajstić information content (AvgIpc) is 2.39. The van der Waals surface area contributed by atoms with E-state index in [4.69, 9.17) is 16.9 Å². The van der Waals surface area contributed by atoms with E-state index in [2.05, 4.69) is 16.4 Å². The lowest BCUT2D eigenvalue weighted by molar-refractivity contribution is 1.08. The molecule has 3 nitrogen and oxygen atoms in total. The van der Waals surface area contributed by atoms with Crippen molar-refractivity contribution in [2.75, 3.05) is 5.32 Å². The molecule has 0 atom stereocenters. The summed E-state index contributed by atoms with van der Waals surface area (Å²) in [6, 6.07) is 11.3. The molecule has 1 aromatic carbocycles. The lowest BCUT2D eigenvalue weighted by Gasteiger charge is -2.08. The molecule has 0 saturated carbocycles. The molecule has 4 heteroatoms. The fourth-order valence-corrected chi connectivity index (χ4v) is 1.74. The molecule has 1 heterocycles. The third kappa shape index (κ3) is 2.99. The Kier molecular flexibility index (Phi) is 3.81. The summed E-state index contributed by atoms with van der Waals surface area (Å²) in [7, 11) is 0. The number of nitrogens with zero attached hydrogens (tertiary/aromatic N) is 2. The second-order valence-corrected chi connectivity index (χ2v) is 4.40. The molecule has 0 radical (unpaired) electrons. The fraction of sp³-hybridized carbons (Fsp3) is 0.143. The van der Waals surface area contributed by atoms with Crippen molar-refractivity contribution in [3.05, 3.63) is 58.4 Å². The van der Waals surface area contributed by atoms with Crippen LogP contribution in [-0.2, 0) is 6.54 Å². The van der Waals surface area contributed by atoms with Gasteiger partial charge in [-0.1, -0.05) is 17.7 Å². The van der Waals surface area contributed by atoms with Crippen molar-refractivity contribution in [3.63, 3.8) is 0 Å². The molecule has 0 bridgehead atoms. The Bertz CT molecular complexity index is 585. The van der Waals surface area contributed by atoms with E-state index < -0.39 is 0 Å². The minimum absolute atomic E-state index is 0.544. The van der Waals surface area contributed by atoms with Crippen LogP contribution in [0, 0.1) is 18.3 Å². The van der Waals surface area contributed by atoms with E-state index in [0.717, 1.165) is 16.9 Å². The van der Waals surface area contributed by atoms with E-state index in [0.29, 0.717) is 17.1 Å². The van der Waals surface area contributed by atoms with E-state index >= 15 is 0 Å². The minimum Gasteiger partial charge on any atom is -0.380 e. The van der Waals surface area contributed by atoms with Crippen LogP contribution in [0.4, 0.5) is 5.69 Å². The molecule has 0 aliphatic carbocycles. The Morgan fingerprint density at radius 2 is 2.17 bits per heavy atom. The van der Waals surface area contributed by atoms with E-state index in [-0.39, 0.29) is 0 Å². The van der Waals surface area contributed by atoms with Gasteiger partial charge in [0, 0.05) is 23.5 Å². The lowest BCUT2D eigenvalue weighted by Crippen LogP contribution is -2.01. The summed E-state index contributed by atoms with van der Waals surface area (Å²) in [5, 5.41) is 12.8. The Morgan fingerprint density at radius 1 is 1.33 bits per heavy atom. The molecule has 2 rings (SSSR count). The predicted molar refractivity (Wildman–Crippen MR) is 72.5 cm³/mol. The van der Waals surface area contributed by atoms with E-state index in [9.17, 15) is 0 Å². The summed E-state index contributed by atoms with van der Waals surface area (Å²) < 4.78 is 0. The third-order valence-corrected chi connectivity index (χ3v) is 2.79. The Balaban J connectivity index is 2.11. The number of hydrogen-bond donors (Lipinski definition) is 1. The quantitative estimate of drug-likeness (QED) is 0.915. The molecule has 0 amide bonds. The molecular formula is C14H12ClN3. The van der Waals surface area contributed by atoms with Crippen LogP contribution in [-0.4, -0.2) is 4.98 Å². The number of aryl methyl sites for hydroxylation is 1. The first kappa shape index (κ1) is 12.4. The third-order valence-electron chi connectivity index (χ3n) is 2.56. The highest BCUT2D eigenvalue weighted by Crippen LogP contribution is 2.20. The summed E-state index contributed by atoms with van der Waals surface area (Å²) in [6.45, 7) is 2.58. The van der Waals surface area contributed by atoms with Crippen LogP contribution in [0.5, 0.6) is 0 Å². The number of aromatic nitrogens is 1. The summed E-state index contributed by atoms with van der Waals surface area (Å²) in [6.07, 6.45) is 1.82. The van der Waals surface area contributed by atoms with Gasteiger partial charge in [-0.2, -0.15) is 5.26 Å². The van der Waals surface area contributed by atoms with Crippen molar-refractivity contribution < 1.29 is 0 Å². The van der Waals surface area contributed by atoms with Gasteiger partial charge >= 0.3 is 0 Å². The van der Waals surface area contributed by atoms with Crippen molar-refractivity contribution in [2.45, 2.75) is 13.5 Å². The lowest BCUT2D eigenvalue weighted by atomic mass is 10.2. The number of hydrogen-bond acceptors (Lipinski definition) is 3. The minimum atomic E-state index is 0.544. The zero-order valence-corrected chi connectivity index (χ0v) is 10.7. The van der Waals surface area contributed by atoms with E-state index in [1.54, 1.807) is 12.1 Å². The number of rotatable bonds is 3. The van der Waals surface area contributed by atoms with Crippen LogP contribution in [0.15, 0.2) is 36.5 Å². The van der Waals surface area contributed by atoms with Crippen molar-refractivity contribution in [1.29, 1.82) is 5.26 Å². The van der Waals surface area contributed by atoms with Crippen molar-refractivity contribution in [1.82, 2.24) is 4.98 Å². The van der Waals surface area contributed by atoms with Crippen LogP contribution >= 0.6 is 11.6 Å². The molecule has 0 fully saturated rings. The van der Waals surface area contributed by atoms with Gasteiger partial charge in [-0.25, -0.2) is 0 Å². The molecule has 1 aromatic heterocycles. The molecule has 0 aliphatic heterocycles. The van der Waals surface area contributed by atoms with Crippen LogP contribution in [0.2, 0.25) is 5.02 Å². The summed E-state index contributed by atoms with van der Waals surface area (Å²) >= 11 is 5.84. The average molecular weight is 258 g/mol. The van der Waals surface area contributed by atoms with Gasteiger partial charge in [-0.05, 0) is 36.8 Å². The zero-order chi connectivity index (χ0) is 13.0. The van der Waals surface area contributed by atoms with Crippen LogP contribution in [0.3, 0.4) is 0 Å². The number of nitrogens with one attached hydrogen (secondary N) is 1. The number of benzene rings is 1. The van der Waals surface area contributed by atoms with Crippen molar-refractivity contribution in [3.8, 4) is 6.07 Å². The maximum Gasteiger partial charge on any atom is 0.101 e. The molecular weight excluding hydrogens is 246 g/mol. The first-order valence-electron chi connectivity index (χ1n) is 5.54. The zero-order valence-electron chi connectivity index (χ0n) is 9.94. The SMILES string of the molecule is Cc1ccc(CNc2ccc(Cl)cc2C#N)cn1. The summed E-state index contributed by atoms with van der Waals surface area (Å²) in [4.78, 5) is 4.22. The smallest absolute Gasteiger partial charge is 0.101 e. The maximum absolute atomic E-state index is 9.02. The molecule has 0 spiro atoms. The van der Waals surface area contributed by atoms with Gasteiger partial charge in [0.25, 0.3) is 0 Å². The molecule has 2 aromatic rings. The number of anilines is 1. The second-order valence-electron chi connectivity index (χ2n) is 3.96. The highest BCUT2D eigenvalue weighted by molar-refractivity contribution is 6.30. The molecule has 0 unspecified atom stereocenters. The van der Waals surface area contributed by atoms with Gasteiger partial charge in [0.15, 0.2) is 0 Å². The molecule has 0 saturated heterocycles. The maximum atomic E-state index is 9.02. The van der Waals surface area contributed by atoms with Crippen LogP contribution in [0.25, 0.3) is 0 Å². The van der Waals surface area contributed by atoms with Crippen molar-refractivity contribution >= 4 is 17.3 Å². The first-order chi connectivity index (χ1) is 8.69. The Morgan fingerprint density at radius 3 is 2.83 bits per heavy atom.